The number of aromatic amines is 1. The Kier molecular flexibility index (Phi) is 5.21. The number of hydrogen-bond acceptors (Lipinski definition) is 8. The molecule has 6 rings (SSSR count). The molecule has 10 heteroatoms. The van der Waals surface area contributed by atoms with Gasteiger partial charge >= 0.3 is 0 Å². The largest absolute Gasteiger partial charge is 0.339 e. The number of H-pyrrole nitrogens is 1. The monoisotopic (exact) mass is 446 g/mol. The molecule has 0 spiro atoms. The van der Waals surface area contributed by atoms with Crippen molar-refractivity contribution in [3.05, 3.63) is 58.6 Å². The van der Waals surface area contributed by atoms with E-state index >= 15 is 0 Å². The Balaban J connectivity index is 1.03. The number of fused-ring (bicyclic) bond motifs is 1. The van der Waals surface area contributed by atoms with Crippen LogP contribution >= 0.6 is 0 Å². The van der Waals surface area contributed by atoms with Gasteiger partial charge in [0.25, 0.3) is 5.56 Å². The molecule has 170 valence electrons. The van der Waals surface area contributed by atoms with Crippen molar-refractivity contribution < 1.29 is 4.52 Å². The van der Waals surface area contributed by atoms with Gasteiger partial charge in [0.2, 0.25) is 5.89 Å². The van der Waals surface area contributed by atoms with Crippen LogP contribution in [0.5, 0.6) is 0 Å². The van der Waals surface area contributed by atoms with Crippen LogP contribution in [0.15, 0.2) is 40.3 Å². The summed E-state index contributed by atoms with van der Waals surface area (Å²) in [6.45, 7) is 3.17. The lowest BCUT2D eigenvalue weighted by Gasteiger charge is -2.31. The highest BCUT2D eigenvalue weighted by Gasteiger charge is 2.30. The molecule has 2 fully saturated rings. The second-order valence-corrected chi connectivity index (χ2v) is 9.12. The fourth-order valence-corrected chi connectivity index (χ4v) is 4.57. The minimum absolute atomic E-state index is 0.179. The maximum Gasteiger partial charge on any atom is 0.258 e. The first kappa shape index (κ1) is 20.2. The molecular formula is C23H26N8O2. The predicted molar refractivity (Wildman–Crippen MR) is 120 cm³/mol. The summed E-state index contributed by atoms with van der Waals surface area (Å²) in [6.07, 6.45) is 13.4. The van der Waals surface area contributed by atoms with Crippen LogP contribution in [0.3, 0.4) is 0 Å². The first-order valence-electron chi connectivity index (χ1n) is 11.6. The SMILES string of the molecule is O=c1[nH]cnc2c(-n3cc(CCN4CCC(Cc5noc(C6CC6)n5)CC4)cn3)nccc12. The van der Waals surface area contributed by atoms with Crippen LogP contribution in [-0.4, -0.2) is 59.4 Å². The number of hydrogen-bond donors (Lipinski definition) is 1. The van der Waals surface area contributed by atoms with E-state index in [-0.39, 0.29) is 5.56 Å². The average molecular weight is 447 g/mol. The topological polar surface area (TPSA) is 119 Å². The summed E-state index contributed by atoms with van der Waals surface area (Å²) in [5.74, 6) is 3.43. The minimum Gasteiger partial charge on any atom is -0.339 e. The molecule has 1 aliphatic heterocycles. The Morgan fingerprint density at radius 2 is 2.03 bits per heavy atom. The predicted octanol–water partition coefficient (Wildman–Crippen LogP) is 2.26. The van der Waals surface area contributed by atoms with Gasteiger partial charge in [-0.25, -0.2) is 14.6 Å². The Bertz CT molecular complexity index is 1310. The zero-order valence-electron chi connectivity index (χ0n) is 18.4. The number of rotatable bonds is 7. The maximum atomic E-state index is 12.0. The summed E-state index contributed by atoms with van der Waals surface area (Å²) >= 11 is 0. The highest BCUT2D eigenvalue weighted by molar-refractivity contribution is 5.83. The van der Waals surface area contributed by atoms with E-state index in [1.165, 1.54) is 19.2 Å². The molecule has 4 aromatic rings. The zero-order chi connectivity index (χ0) is 22.2. The third-order valence-corrected chi connectivity index (χ3v) is 6.70. The van der Waals surface area contributed by atoms with Gasteiger partial charge in [-0.1, -0.05) is 5.16 Å². The van der Waals surface area contributed by atoms with Gasteiger partial charge in [0.15, 0.2) is 11.6 Å². The van der Waals surface area contributed by atoms with Crippen LogP contribution in [0.2, 0.25) is 0 Å². The van der Waals surface area contributed by atoms with Gasteiger partial charge < -0.3 is 14.4 Å². The second-order valence-electron chi connectivity index (χ2n) is 9.12. The molecule has 4 aromatic heterocycles. The Labute approximate surface area is 190 Å². The molecule has 0 unspecified atom stereocenters. The van der Waals surface area contributed by atoms with Crippen molar-refractivity contribution >= 4 is 10.9 Å². The number of nitrogens with one attached hydrogen (secondary N) is 1. The molecule has 1 saturated carbocycles. The molecule has 0 atom stereocenters. The number of likely N-dealkylation sites (tertiary alicyclic amines) is 1. The molecule has 1 aliphatic carbocycles. The van der Waals surface area contributed by atoms with Gasteiger partial charge in [-0.15, -0.1) is 0 Å². The van der Waals surface area contributed by atoms with E-state index in [1.807, 2.05) is 12.4 Å². The molecule has 33 heavy (non-hydrogen) atoms. The van der Waals surface area contributed by atoms with Gasteiger partial charge in [-0.3, -0.25) is 4.79 Å². The van der Waals surface area contributed by atoms with E-state index < -0.39 is 0 Å². The maximum absolute atomic E-state index is 12.0. The van der Waals surface area contributed by atoms with Crippen LogP contribution in [0.4, 0.5) is 0 Å². The molecule has 10 nitrogen and oxygen atoms in total. The molecule has 0 aromatic carbocycles. The molecule has 0 amide bonds. The van der Waals surface area contributed by atoms with Crippen LogP contribution < -0.4 is 5.56 Å². The average Bonchev–Trinajstić information content (AvgIpc) is 3.40. The second kappa shape index (κ2) is 8.51. The first-order valence-corrected chi connectivity index (χ1v) is 11.6. The van der Waals surface area contributed by atoms with Gasteiger partial charge in [-0.05, 0) is 62.7 Å². The Morgan fingerprint density at radius 1 is 1.15 bits per heavy atom. The Hall–Kier alpha value is -3.40. The minimum atomic E-state index is -0.179. The number of pyridine rings is 1. The third-order valence-electron chi connectivity index (χ3n) is 6.70. The van der Waals surface area contributed by atoms with E-state index in [0.717, 1.165) is 62.6 Å². The molecule has 1 saturated heterocycles. The van der Waals surface area contributed by atoms with Gasteiger partial charge in [0.1, 0.15) is 5.52 Å². The summed E-state index contributed by atoms with van der Waals surface area (Å²) in [5.41, 5.74) is 1.51. The third kappa shape index (κ3) is 4.30. The summed E-state index contributed by atoms with van der Waals surface area (Å²) in [6, 6.07) is 1.67. The quantitative estimate of drug-likeness (QED) is 0.459. The normalized spacial score (nSPS) is 17.7. The summed E-state index contributed by atoms with van der Waals surface area (Å²) in [5, 5.41) is 9.15. The van der Waals surface area contributed by atoms with Crippen LogP contribution in [0.25, 0.3) is 16.7 Å². The molecule has 5 heterocycles. The number of aromatic nitrogens is 7. The van der Waals surface area contributed by atoms with E-state index in [9.17, 15) is 4.79 Å². The summed E-state index contributed by atoms with van der Waals surface area (Å²) < 4.78 is 7.10. The lowest BCUT2D eigenvalue weighted by molar-refractivity contribution is 0.184. The molecule has 1 N–H and O–H groups in total. The molecule has 0 radical (unpaired) electrons. The van der Waals surface area contributed by atoms with E-state index in [1.54, 1.807) is 16.9 Å². The van der Waals surface area contributed by atoms with Gasteiger partial charge in [0.05, 0.1) is 17.9 Å². The van der Waals surface area contributed by atoms with Gasteiger partial charge in [-0.2, -0.15) is 10.1 Å². The fraction of sp³-hybridized carbons (Fsp3) is 0.478. The van der Waals surface area contributed by atoms with E-state index in [4.69, 9.17) is 4.52 Å². The Morgan fingerprint density at radius 3 is 2.88 bits per heavy atom. The standard InChI is InChI=1S/C23H26N8O2/c32-22-18-3-7-24-21(20(18)25-14-26-22)31-13-16(12-27-31)6-10-30-8-4-15(5-9-30)11-19-28-23(33-29-19)17-1-2-17/h3,7,12-15,17H,1-2,4-6,8-11H2,(H,25,26,32). The van der Waals surface area contributed by atoms with Crippen molar-refractivity contribution in [1.29, 1.82) is 0 Å². The van der Waals surface area contributed by atoms with E-state index in [0.29, 0.717) is 28.6 Å². The molecular weight excluding hydrogens is 420 g/mol. The molecule has 2 aliphatic rings. The zero-order valence-corrected chi connectivity index (χ0v) is 18.4. The van der Waals surface area contributed by atoms with E-state index in [2.05, 4.69) is 35.1 Å². The van der Waals surface area contributed by atoms with Crippen molar-refractivity contribution in [1.82, 2.24) is 39.8 Å². The summed E-state index contributed by atoms with van der Waals surface area (Å²) in [4.78, 5) is 30.4. The van der Waals surface area contributed by atoms with Crippen LogP contribution in [0.1, 0.15) is 48.9 Å². The number of piperidine rings is 1. The number of nitrogens with zero attached hydrogens (tertiary/aromatic N) is 7. The highest BCUT2D eigenvalue weighted by atomic mass is 16.5. The highest BCUT2D eigenvalue weighted by Crippen LogP contribution is 2.39. The lowest BCUT2D eigenvalue weighted by atomic mass is 9.93. The van der Waals surface area contributed by atoms with Crippen molar-refractivity contribution in [3.63, 3.8) is 0 Å². The van der Waals surface area contributed by atoms with Crippen LogP contribution in [0, 0.1) is 5.92 Å². The molecule has 0 bridgehead atoms. The summed E-state index contributed by atoms with van der Waals surface area (Å²) in [7, 11) is 0. The van der Waals surface area contributed by atoms with Crippen molar-refractivity contribution in [2.45, 2.75) is 44.4 Å². The van der Waals surface area contributed by atoms with Crippen LogP contribution in [-0.2, 0) is 12.8 Å². The fourth-order valence-electron chi connectivity index (χ4n) is 4.57. The van der Waals surface area contributed by atoms with Crippen molar-refractivity contribution in [2.75, 3.05) is 19.6 Å². The first-order chi connectivity index (χ1) is 16.2. The lowest BCUT2D eigenvalue weighted by Crippen LogP contribution is -2.35. The van der Waals surface area contributed by atoms with Crippen molar-refractivity contribution in [3.8, 4) is 5.82 Å². The smallest absolute Gasteiger partial charge is 0.258 e. The van der Waals surface area contributed by atoms with Gasteiger partial charge in [0, 0.05) is 31.3 Å². The van der Waals surface area contributed by atoms with Crippen molar-refractivity contribution in [2.24, 2.45) is 5.92 Å².